The van der Waals surface area contributed by atoms with Crippen LogP contribution in [-0.2, 0) is 0 Å². The Bertz CT molecular complexity index is 465. The van der Waals surface area contributed by atoms with Crippen molar-refractivity contribution in [3.05, 3.63) is 38.9 Å². The van der Waals surface area contributed by atoms with Crippen molar-refractivity contribution < 1.29 is 9.72 Å². The van der Waals surface area contributed by atoms with E-state index >= 15 is 0 Å². The number of ketones is 1. The standard InChI is InChI=1S/C9H5ClN2O3/c10-6-1-2-7(9(13)3-4-11)8(5-6)12(14)15/h1-2,5H,3H2. The predicted octanol–water partition coefficient (Wildman–Crippen LogP) is 2.34. The van der Waals surface area contributed by atoms with Gasteiger partial charge in [-0.05, 0) is 12.1 Å². The molecule has 5 nitrogen and oxygen atoms in total. The lowest BCUT2D eigenvalue weighted by molar-refractivity contribution is -0.385. The van der Waals surface area contributed by atoms with E-state index in [0.29, 0.717) is 0 Å². The Morgan fingerprint density at radius 1 is 1.60 bits per heavy atom. The van der Waals surface area contributed by atoms with E-state index in [1.54, 1.807) is 6.07 Å². The monoisotopic (exact) mass is 224 g/mol. The summed E-state index contributed by atoms with van der Waals surface area (Å²) in [5.74, 6) is -0.583. The van der Waals surface area contributed by atoms with Crippen LogP contribution < -0.4 is 0 Å². The minimum Gasteiger partial charge on any atom is -0.293 e. The molecule has 1 aromatic carbocycles. The highest BCUT2D eigenvalue weighted by Crippen LogP contribution is 2.24. The maximum Gasteiger partial charge on any atom is 0.281 e. The first-order chi connectivity index (χ1) is 7.06. The maximum atomic E-state index is 11.3. The second-order valence-electron chi connectivity index (χ2n) is 2.68. The molecule has 0 fully saturated rings. The van der Waals surface area contributed by atoms with Gasteiger partial charge in [0.25, 0.3) is 5.69 Å². The second-order valence-corrected chi connectivity index (χ2v) is 3.11. The van der Waals surface area contributed by atoms with Crippen molar-refractivity contribution in [2.24, 2.45) is 0 Å². The number of nitro benzene ring substituents is 1. The molecular weight excluding hydrogens is 220 g/mol. The molecular formula is C9H5ClN2O3. The smallest absolute Gasteiger partial charge is 0.281 e. The molecule has 0 radical (unpaired) electrons. The third-order valence-electron chi connectivity index (χ3n) is 1.70. The molecule has 0 amide bonds. The number of halogens is 1. The van der Waals surface area contributed by atoms with Crippen LogP contribution >= 0.6 is 11.6 Å². The van der Waals surface area contributed by atoms with E-state index in [1.165, 1.54) is 12.1 Å². The number of carbonyl (C=O) groups excluding carboxylic acids is 1. The van der Waals surface area contributed by atoms with Gasteiger partial charge in [0.15, 0.2) is 5.78 Å². The summed E-state index contributed by atoms with van der Waals surface area (Å²) < 4.78 is 0. The van der Waals surface area contributed by atoms with Crippen LogP contribution in [0.15, 0.2) is 18.2 Å². The Labute approximate surface area is 90.0 Å². The first kappa shape index (κ1) is 11.1. The number of nitrogens with zero attached hydrogens (tertiary/aromatic N) is 2. The third kappa shape index (κ3) is 2.51. The molecule has 0 aliphatic heterocycles. The number of rotatable bonds is 3. The van der Waals surface area contributed by atoms with Crippen LogP contribution in [0.2, 0.25) is 5.02 Å². The molecule has 0 bridgehead atoms. The molecule has 1 aromatic rings. The lowest BCUT2D eigenvalue weighted by atomic mass is 10.1. The Hall–Kier alpha value is -1.93. The van der Waals surface area contributed by atoms with Crippen LogP contribution in [0.3, 0.4) is 0 Å². The summed E-state index contributed by atoms with van der Waals surface area (Å²) >= 11 is 5.56. The minimum absolute atomic E-state index is 0.0917. The van der Waals surface area contributed by atoms with Crippen molar-refractivity contribution in [1.29, 1.82) is 5.26 Å². The fraction of sp³-hybridized carbons (Fsp3) is 0.111. The number of Topliss-reactive ketones (excluding diaryl/α,β-unsaturated/α-hetero) is 1. The molecule has 0 saturated carbocycles. The van der Waals surface area contributed by atoms with Gasteiger partial charge in [0.1, 0.15) is 0 Å². The molecule has 0 atom stereocenters. The molecule has 0 aliphatic carbocycles. The molecule has 0 spiro atoms. The highest BCUT2D eigenvalue weighted by Gasteiger charge is 2.19. The molecule has 0 aliphatic rings. The van der Waals surface area contributed by atoms with E-state index in [4.69, 9.17) is 16.9 Å². The molecule has 1 rings (SSSR count). The van der Waals surface area contributed by atoms with Crippen LogP contribution in [0.4, 0.5) is 5.69 Å². The quantitative estimate of drug-likeness (QED) is 0.448. The van der Waals surface area contributed by atoms with Gasteiger partial charge in [-0.1, -0.05) is 11.6 Å². The molecule has 0 N–H and O–H groups in total. The summed E-state index contributed by atoms with van der Waals surface area (Å²) in [7, 11) is 0. The number of hydrogen-bond donors (Lipinski definition) is 0. The van der Waals surface area contributed by atoms with Gasteiger partial charge in [0, 0.05) is 11.1 Å². The first-order valence-corrected chi connectivity index (χ1v) is 4.28. The normalized spacial score (nSPS) is 9.33. The van der Waals surface area contributed by atoms with Crippen molar-refractivity contribution in [2.45, 2.75) is 6.42 Å². The summed E-state index contributed by atoms with van der Waals surface area (Å²) in [5.41, 5.74) is -0.464. The second kappa shape index (κ2) is 4.53. The van der Waals surface area contributed by atoms with Crippen molar-refractivity contribution in [3.63, 3.8) is 0 Å². The van der Waals surface area contributed by atoms with E-state index in [2.05, 4.69) is 0 Å². The SMILES string of the molecule is N#CCC(=O)c1ccc(Cl)cc1[N+](=O)[O-]. The zero-order valence-electron chi connectivity index (χ0n) is 7.44. The third-order valence-corrected chi connectivity index (χ3v) is 1.93. The van der Waals surface area contributed by atoms with Gasteiger partial charge in [-0.3, -0.25) is 14.9 Å². The lowest BCUT2D eigenvalue weighted by Crippen LogP contribution is -2.02. The molecule has 0 saturated heterocycles. The van der Waals surface area contributed by atoms with Crippen molar-refractivity contribution in [2.75, 3.05) is 0 Å². The number of hydrogen-bond acceptors (Lipinski definition) is 4. The van der Waals surface area contributed by atoms with E-state index in [9.17, 15) is 14.9 Å². The van der Waals surface area contributed by atoms with E-state index < -0.39 is 10.7 Å². The summed E-state index contributed by atoms with van der Waals surface area (Å²) in [4.78, 5) is 21.2. The molecule has 6 heteroatoms. The van der Waals surface area contributed by atoms with Gasteiger partial charge in [0.2, 0.25) is 0 Å². The fourth-order valence-corrected chi connectivity index (χ4v) is 1.23. The number of carbonyl (C=O) groups is 1. The number of nitro groups is 1. The first-order valence-electron chi connectivity index (χ1n) is 3.90. The molecule has 15 heavy (non-hydrogen) atoms. The average molecular weight is 225 g/mol. The van der Waals surface area contributed by atoms with E-state index in [1.807, 2.05) is 0 Å². The lowest BCUT2D eigenvalue weighted by Gasteiger charge is -1.99. The van der Waals surface area contributed by atoms with E-state index in [-0.39, 0.29) is 22.7 Å². The van der Waals surface area contributed by atoms with Crippen LogP contribution in [0.5, 0.6) is 0 Å². The minimum atomic E-state index is -0.698. The molecule has 0 unspecified atom stereocenters. The van der Waals surface area contributed by atoms with Crippen molar-refractivity contribution in [1.82, 2.24) is 0 Å². The zero-order chi connectivity index (χ0) is 11.4. The Morgan fingerprint density at radius 3 is 2.80 bits per heavy atom. The zero-order valence-corrected chi connectivity index (χ0v) is 8.19. The summed E-state index contributed by atoms with van der Waals surface area (Å²) in [6, 6.07) is 5.36. The Balaban J connectivity index is 3.24. The summed E-state index contributed by atoms with van der Waals surface area (Å²) in [6.45, 7) is 0. The number of benzene rings is 1. The summed E-state index contributed by atoms with van der Waals surface area (Å²) in [6.07, 6.45) is -0.386. The largest absolute Gasteiger partial charge is 0.293 e. The van der Waals surface area contributed by atoms with Crippen molar-refractivity contribution >= 4 is 23.1 Å². The average Bonchev–Trinajstić information content (AvgIpc) is 2.17. The van der Waals surface area contributed by atoms with Gasteiger partial charge >= 0.3 is 0 Å². The van der Waals surface area contributed by atoms with Crippen LogP contribution in [0, 0.1) is 21.4 Å². The predicted molar refractivity (Wildman–Crippen MR) is 52.7 cm³/mol. The highest BCUT2D eigenvalue weighted by atomic mass is 35.5. The topological polar surface area (TPSA) is 84.0 Å². The fourth-order valence-electron chi connectivity index (χ4n) is 1.06. The molecule has 76 valence electrons. The van der Waals surface area contributed by atoms with Gasteiger partial charge in [-0.15, -0.1) is 0 Å². The van der Waals surface area contributed by atoms with Crippen LogP contribution in [-0.4, -0.2) is 10.7 Å². The van der Waals surface area contributed by atoms with Gasteiger partial charge in [-0.2, -0.15) is 5.26 Å². The van der Waals surface area contributed by atoms with Crippen LogP contribution in [0.1, 0.15) is 16.8 Å². The van der Waals surface area contributed by atoms with E-state index in [0.717, 1.165) is 6.07 Å². The highest BCUT2D eigenvalue weighted by molar-refractivity contribution is 6.31. The Kier molecular flexibility index (Phi) is 3.37. The van der Waals surface area contributed by atoms with Gasteiger partial charge < -0.3 is 0 Å². The molecule has 0 aromatic heterocycles. The maximum absolute atomic E-state index is 11.3. The van der Waals surface area contributed by atoms with Gasteiger partial charge in [0.05, 0.1) is 23.0 Å². The van der Waals surface area contributed by atoms with Gasteiger partial charge in [-0.25, -0.2) is 0 Å². The molecule has 0 heterocycles. The Morgan fingerprint density at radius 2 is 2.27 bits per heavy atom. The summed E-state index contributed by atoms with van der Waals surface area (Å²) in [5, 5.41) is 19.1. The van der Waals surface area contributed by atoms with Crippen LogP contribution in [0.25, 0.3) is 0 Å². The number of nitriles is 1. The van der Waals surface area contributed by atoms with Crippen molar-refractivity contribution in [3.8, 4) is 6.07 Å².